The maximum atomic E-state index is 13.0. The summed E-state index contributed by atoms with van der Waals surface area (Å²) in [5.74, 6) is 0.441. The number of unbranched alkanes of at least 4 members (excludes halogenated alkanes) is 2. The molecule has 0 N–H and O–H groups in total. The Hall–Kier alpha value is -2.93. The van der Waals surface area contributed by atoms with Crippen LogP contribution in [0.15, 0.2) is 57.4 Å². The van der Waals surface area contributed by atoms with E-state index in [9.17, 15) is 9.59 Å². The number of imidazole rings is 1. The highest BCUT2D eigenvalue weighted by atomic mass is 35.5. The second-order valence-electron chi connectivity index (χ2n) is 7.78. The number of rotatable bonds is 9. The zero-order chi connectivity index (χ0) is 21.8. The molecule has 0 fully saturated rings. The van der Waals surface area contributed by atoms with Crippen molar-refractivity contribution in [1.29, 1.82) is 0 Å². The Bertz CT molecular complexity index is 1210. The van der Waals surface area contributed by atoms with E-state index in [0.717, 1.165) is 43.5 Å². The largest absolute Gasteiger partial charge is 0.337 e. The van der Waals surface area contributed by atoms with E-state index in [1.54, 1.807) is 4.57 Å². The Labute approximate surface area is 185 Å². The van der Waals surface area contributed by atoms with Crippen LogP contribution in [-0.2, 0) is 26.1 Å². The van der Waals surface area contributed by atoms with Crippen LogP contribution >= 0.6 is 11.6 Å². The van der Waals surface area contributed by atoms with Crippen LogP contribution in [0.25, 0.3) is 11.3 Å². The molecule has 8 heteroatoms. The Morgan fingerprint density at radius 1 is 1.00 bits per heavy atom. The lowest BCUT2D eigenvalue weighted by Gasteiger charge is -2.14. The molecule has 1 aromatic carbocycles. The van der Waals surface area contributed by atoms with Gasteiger partial charge in [-0.1, -0.05) is 55.3 Å². The predicted molar refractivity (Wildman–Crippen MR) is 123 cm³/mol. The van der Waals surface area contributed by atoms with Crippen molar-refractivity contribution in [2.24, 2.45) is 4.99 Å². The van der Waals surface area contributed by atoms with Crippen LogP contribution in [0, 0.1) is 0 Å². The summed E-state index contributed by atoms with van der Waals surface area (Å²) in [6.45, 7) is 3.77. The van der Waals surface area contributed by atoms with E-state index in [0.29, 0.717) is 36.1 Å². The molecular formula is C23H26ClN5O2. The standard InChI is InChI=1S/C23H26ClN5O2/c1-2-3-12-28-21-18(14-20(24)26-21)22(30)29(23(28)31)13-8-7-11-27-15-19(25-16-27)17-9-5-4-6-10-17/h4-6,9-10,15-16H,2-3,7-8,11-14H2,1H3. The lowest BCUT2D eigenvalue weighted by Crippen LogP contribution is -2.41. The first-order valence-electron chi connectivity index (χ1n) is 10.7. The van der Waals surface area contributed by atoms with Crippen LogP contribution in [0.3, 0.4) is 0 Å². The highest BCUT2D eigenvalue weighted by Gasteiger charge is 2.24. The number of aromatic nitrogens is 4. The van der Waals surface area contributed by atoms with Crippen LogP contribution in [-0.4, -0.2) is 23.9 Å². The monoisotopic (exact) mass is 439 g/mol. The van der Waals surface area contributed by atoms with Gasteiger partial charge in [0.25, 0.3) is 5.56 Å². The van der Waals surface area contributed by atoms with Gasteiger partial charge in [0.1, 0.15) is 11.0 Å². The van der Waals surface area contributed by atoms with Gasteiger partial charge in [-0.15, -0.1) is 0 Å². The van der Waals surface area contributed by atoms with Gasteiger partial charge < -0.3 is 4.57 Å². The quantitative estimate of drug-likeness (QED) is 0.473. The number of fused-ring (bicyclic) bond motifs is 1. The van der Waals surface area contributed by atoms with Gasteiger partial charge in [-0.25, -0.2) is 14.8 Å². The molecule has 31 heavy (non-hydrogen) atoms. The van der Waals surface area contributed by atoms with E-state index in [2.05, 4.69) is 16.9 Å². The molecule has 1 aliphatic heterocycles. The first kappa shape index (κ1) is 21.3. The molecular weight excluding hydrogens is 414 g/mol. The van der Waals surface area contributed by atoms with E-state index in [1.165, 1.54) is 4.57 Å². The molecule has 3 aromatic rings. The van der Waals surface area contributed by atoms with Crippen molar-refractivity contribution >= 4 is 22.6 Å². The van der Waals surface area contributed by atoms with Crippen molar-refractivity contribution in [1.82, 2.24) is 18.7 Å². The maximum Gasteiger partial charge on any atom is 0.332 e. The molecule has 0 spiro atoms. The highest BCUT2D eigenvalue weighted by Crippen LogP contribution is 2.24. The lowest BCUT2D eigenvalue weighted by molar-refractivity contribution is 0.495. The average Bonchev–Trinajstić information content (AvgIpc) is 3.40. The minimum Gasteiger partial charge on any atom is -0.337 e. The highest BCUT2D eigenvalue weighted by molar-refractivity contribution is 6.66. The molecule has 0 bridgehead atoms. The van der Waals surface area contributed by atoms with Gasteiger partial charge in [0.15, 0.2) is 0 Å². The molecule has 0 saturated carbocycles. The topological polar surface area (TPSA) is 74.2 Å². The van der Waals surface area contributed by atoms with Crippen molar-refractivity contribution in [3.05, 3.63) is 69.3 Å². The summed E-state index contributed by atoms with van der Waals surface area (Å²) >= 11 is 6.08. The van der Waals surface area contributed by atoms with Gasteiger partial charge in [0.05, 0.1) is 17.6 Å². The van der Waals surface area contributed by atoms with Crippen molar-refractivity contribution in [2.75, 3.05) is 0 Å². The van der Waals surface area contributed by atoms with Crippen molar-refractivity contribution < 1.29 is 0 Å². The number of hydrogen-bond donors (Lipinski definition) is 0. The summed E-state index contributed by atoms with van der Waals surface area (Å²) in [6, 6.07) is 10.0. The van der Waals surface area contributed by atoms with E-state index in [4.69, 9.17) is 11.6 Å². The molecule has 0 unspecified atom stereocenters. The number of halogens is 1. The fourth-order valence-electron chi connectivity index (χ4n) is 3.85. The summed E-state index contributed by atoms with van der Waals surface area (Å²) in [4.78, 5) is 34.6. The normalized spacial score (nSPS) is 12.8. The summed E-state index contributed by atoms with van der Waals surface area (Å²) in [6.07, 6.45) is 7.50. The SMILES string of the molecule is CCCCn1c2c(c(=O)n(CCCCn3cnc(-c4ccccc4)c3)c1=O)CC(Cl)=N2. The second-order valence-corrected chi connectivity index (χ2v) is 8.22. The third-order valence-electron chi connectivity index (χ3n) is 5.53. The molecule has 0 radical (unpaired) electrons. The van der Waals surface area contributed by atoms with E-state index in [-0.39, 0.29) is 11.2 Å². The Balaban J connectivity index is 1.44. The molecule has 162 valence electrons. The summed E-state index contributed by atoms with van der Waals surface area (Å²) in [5.41, 5.74) is 2.00. The first-order chi connectivity index (χ1) is 15.1. The Morgan fingerprint density at radius 2 is 1.74 bits per heavy atom. The molecule has 0 amide bonds. The zero-order valence-electron chi connectivity index (χ0n) is 17.6. The van der Waals surface area contributed by atoms with Crippen LogP contribution in [0.2, 0.25) is 0 Å². The molecule has 0 aliphatic carbocycles. The number of nitrogens with zero attached hydrogens (tertiary/aromatic N) is 5. The molecule has 2 aromatic heterocycles. The predicted octanol–water partition coefficient (Wildman–Crippen LogP) is 3.98. The van der Waals surface area contributed by atoms with Gasteiger partial charge >= 0.3 is 5.69 Å². The minimum absolute atomic E-state index is 0.263. The molecule has 0 saturated heterocycles. The van der Waals surface area contributed by atoms with E-state index in [1.807, 2.05) is 47.4 Å². The summed E-state index contributed by atoms with van der Waals surface area (Å²) in [7, 11) is 0. The van der Waals surface area contributed by atoms with Gasteiger partial charge in [0.2, 0.25) is 0 Å². The van der Waals surface area contributed by atoms with Crippen LogP contribution in [0.5, 0.6) is 0 Å². The molecule has 4 rings (SSSR count). The molecule has 3 heterocycles. The third kappa shape index (κ3) is 4.56. The van der Waals surface area contributed by atoms with Crippen LogP contribution < -0.4 is 11.2 Å². The van der Waals surface area contributed by atoms with Gasteiger partial charge in [-0.2, -0.15) is 0 Å². The van der Waals surface area contributed by atoms with Crippen LogP contribution in [0.4, 0.5) is 5.82 Å². The summed E-state index contributed by atoms with van der Waals surface area (Å²) < 4.78 is 5.00. The van der Waals surface area contributed by atoms with Gasteiger partial charge in [0, 0.05) is 37.8 Å². The van der Waals surface area contributed by atoms with Crippen molar-refractivity contribution in [2.45, 2.75) is 58.7 Å². The van der Waals surface area contributed by atoms with Gasteiger partial charge in [-0.05, 0) is 19.3 Å². The lowest BCUT2D eigenvalue weighted by atomic mass is 10.2. The Kier molecular flexibility index (Phi) is 6.51. The average molecular weight is 440 g/mol. The third-order valence-corrected chi connectivity index (χ3v) is 5.74. The number of benzene rings is 1. The minimum atomic E-state index is -0.290. The fraction of sp³-hybridized carbons (Fsp3) is 0.391. The van der Waals surface area contributed by atoms with Crippen LogP contribution in [0.1, 0.15) is 38.2 Å². The maximum absolute atomic E-state index is 13.0. The second kappa shape index (κ2) is 9.47. The summed E-state index contributed by atoms with van der Waals surface area (Å²) in [5, 5.41) is 0.365. The number of aryl methyl sites for hydroxylation is 1. The zero-order valence-corrected chi connectivity index (χ0v) is 18.4. The van der Waals surface area contributed by atoms with Gasteiger partial charge in [-0.3, -0.25) is 13.9 Å². The van der Waals surface area contributed by atoms with E-state index >= 15 is 0 Å². The number of hydrogen-bond acceptors (Lipinski definition) is 4. The Morgan fingerprint density at radius 3 is 2.52 bits per heavy atom. The molecule has 1 aliphatic rings. The van der Waals surface area contributed by atoms with Crippen molar-refractivity contribution in [3.8, 4) is 11.3 Å². The number of aliphatic imine (C=N–C) groups is 1. The molecule has 7 nitrogen and oxygen atoms in total. The first-order valence-corrected chi connectivity index (χ1v) is 11.1. The molecule has 0 atom stereocenters. The fourth-order valence-corrected chi connectivity index (χ4v) is 4.06. The smallest absolute Gasteiger partial charge is 0.332 e. The van der Waals surface area contributed by atoms with Crippen molar-refractivity contribution in [3.63, 3.8) is 0 Å². The van der Waals surface area contributed by atoms with E-state index < -0.39 is 0 Å².